The second-order valence-electron chi connectivity index (χ2n) is 14.8. The van der Waals surface area contributed by atoms with Gasteiger partial charge in [-0.1, -0.05) is 152 Å². The highest BCUT2D eigenvalue weighted by Crippen LogP contribution is 2.44. The number of hydrogen-bond acceptors (Lipinski definition) is 0. The van der Waals surface area contributed by atoms with E-state index in [0.29, 0.717) is 0 Å². The third-order valence-corrected chi connectivity index (χ3v) is 11.9. The van der Waals surface area contributed by atoms with Crippen molar-refractivity contribution in [2.45, 2.75) is 0 Å². The van der Waals surface area contributed by atoms with Crippen molar-refractivity contribution in [3.8, 4) is 33.6 Å². The maximum absolute atomic E-state index is 2.49. The summed E-state index contributed by atoms with van der Waals surface area (Å²) in [5.41, 5.74) is 12.0. The number of para-hydroxylation sites is 3. The van der Waals surface area contributed by atoms with E-state index in [-0.39, 0.29) is 0 Å². The number of aromatic nitrogens is 2. The van der Waals surface area contributed by atoms with Gasteiger partial charge in [0.2, 0.25) is 0 Å². The van der Waals surface area contributed by atoms with Gasteiger partial charge in [-0.2, -0.15) is 0 Å². The minimum Gasteiger partial charge on any atom is -0.309 e. The van der Waals surface area contributed by atoms with E-state index in [2.05, 4.69) is 215 Å². The molecule has 0 radical (unpaired) electrons. The summed E-state index contributed by atoms with van der Waals surface area (Å²) in [6.45, 7) is 0. The van der Waals surface area contributed by atoms with Crippen LogP contribution in [0.15, 0.2) is 206 Å². The van der Waals surface area contributed by atoms with Crippen LogP contribution in [0.3, 0.4) is 0 Å². The molecule has 2 heterocycles. The molecule has 260 valence electrons. The fourth-order valence-corrected chi connectivity index (χ4v) is 9.50. The molecule has 0 aliphatic rings. The van der Waals surface area contributed by atoms with Crippen LogP contribution in [-0.2, 0) is 0 Å². The van der Waals surface area contributed by atoms with Crippen molar-refractivity contribution in [3.63, 3.8) is 0 Å². The summed E-state index contributed by atoms with van der Waals surface area (Å²) in [4.78, 5) is 0. The average Bonchev–Trinajstić information content (AvgIpc) is 3.79. The third-order valence-electron chi connectivity index (χ3n) is 11.9. The summed E-state index contributed by atoms with van der Waals surface area (Å²) >= 11 is 0. The Labute approximate surface area is 323 Å². The van der Waals surface area contributed by atoms with Crippen LogP contribution >= 0.6 is 0 Å². The van der Waals surface area contributed by atoms with Gasteiger partial charge in [-0.3, -0.25) is 0 Å². The molecule has 0 spiro atoms. The lowest BCUT2D eigenvalue weighted by Crippen LogP contribution is -1.96. The van der Waals surface area contributed by atoms with Crippen molar-refractivity contribution in [2.24, 2.45) is 0 Å². The lowest BCUT2D eigenvalue weighted by Gasteiger charge is -2.16. The van der Waals surface area contributed by atoms with Crippen LogP contribution in [0.1, 0.15) is 0 Å². The van der Waals surface area contributed by atoms with Gasteiger partial charge in [0.15, 0.2) is 0 Å². The molecule has 12 rings (SSSR count). The zero-order chi connectivity index (χ0) is 36.7. The van der Waals surface area contributed by atoms with Crippen LogP contribution in [0.25, 0.3) is 110 Å². The maximum Gasteiger partial charge on any atom is 0.0553 e. The highest BCUT2D eigenvalue weighted by atomic mass is 15.0. The zero-order valence-electron chi connectivity index (χ0n) is 30.5. The van der Waals surface area contributed by atoms with E-state index in [9.17, 15) is 0 Å². The van der Waals surface area contributed by atoms with E-state index in [1.54, 1.807) is 0 Å². The largest absolute Gasteiger partial charge is 0.309 e. The van der Waals surface area contributed by atoms with Gasteiger partial charge in [0.1, 0.15) is 0 Å². The zero-order valence-corrected chi connectivity index (χ0v) is 30.5. The van der Waals surface area contributed by atoms with Crippen LogP contribution in [0.2, 0.25) is 0 Å². The van der Waals surface area contributed by atoms with Crippen LogP contribution in [0.5, 0.6) is 0 Å². The van der Waals surface area contributed by atoms with E-state index in [1.807, 2.05) is 0 Å². The van der Waals surface area contributed by atoms with E-state index in [4.69, 9.17) is 0 Å². The highest BCUT2D eigenvalue weighted by molar-refractivity contribution is 6.28. The molecule has 0 saturated heterocycles. The van der Waals surface area contributed by atoms with Crippen LogP contribution in [0.4, 0.5) is 0 Å². The van der Waals surface area contributed by atoms with E-state index in [0.717, 1.165) is 5.69 Å². The first kappa shape index (κ1) is 31.0. The van der Waals surface area contributed by atoms with Gasteiger partial charge in [0.05, 0.1) is 27.8 Å². The van der Waals surface area contributed by atoms with Gasteiger partial charge in [-0.25, -0.2) is 0 Å². The molecule has 0 bridgehead atoms. The highest BCUT2D eigenvalue weighted by Gasteiger charge is 2.21. The third kappa shape index (κ3) is 4.44. The molecule has 12 aromatic rings. The summed E-state index contributed by atoms with van der Waals surface area (Å²) in [5, 5.41) is 12.7. The Morgan fingerprint density at radius 2 is 0.786 bits per heavy atom. The molecule has 0 amide bonds. The van der Waals surface area contributed by atoms with E-state index >= 15 is 0 Å². The molecule has 2 aromatic heterocycles. The minimum absolute atomic E-state index is 1.16. The number of hydrogen-bond donors (Lipinski definition) is 0. The molecular weight excluding hydrogens is 677 g/mol. The van der Waals surface area contributed by atoms with E-state index in [1.165, 1.54) is 104 Å². The van der Waals surface area contributed by atoms with Crippen LogP contribution in [0, 0.1) is 0 Å². The summed E-state index contributed by atoms with van der Waals surface area (Å²) in [6, 6.07) is 75.7. The van der Waals surface area contributed by atoms with Gasteiger partial charge in [0, 0.05) is 32.6 Å². The topological polar surface area (TPSA) is 9.86 Å². The standard InChI is InChI=1S/C54H34N2/c1-3-16-35(17-4-1)46-33-37(34-52-54(46)45-25-12-14-28-49(45)55(52)38-18-5-2-6-19-38)36-30-31-50-47(32-36)42-23-11-13-27-48(42)56(50)51-29-15-26-44-41-21-8-7-20-39(41)40-22-9-10-24-43(40)53(44)51/h1-34H. The van der Waals surface area contributed by atoms with Crippen molar-refractivity contribution in [1.29, 1.82) is 0 Å². The molecule has 0 unspecified atom stereocenters. The maximum atomic E-state index is 2.49. The SMILES string of the molecule is c1ccc(-c2cc(-c3ccc4c(c3)c3ccccc3n4-c3cccc4c5ccccc5c5ccccc5c34)cc3c2c2ccccc2n3-c2ccccc2)cc1. The number of rotatable bonds is 4. The molecule has 0 N–H and O–H groups in total. The van der Waals surface area contributed by atoms with Gasteiger partial charge < -0.3 is 9.13 Å². The minimum atomic E-state index is 1.16. The van der Waals surface area contributed by atoms with Gasteiger partial charge in [-0.05, 0) is 104 Å². The predicted octanol–water partition coefficient (Wildman–Crippen LogP) is 14.7. The monoisotopic (exact) mass is 710 g/mol. The van der Waals surface area contributed by atoms with Crippen molar-refractivity contribution < 1.29 is 0 Å². The first-order chi connectivity index (χ1) is 27.8. The molecule has 0 atom stereocenters. The first-order valence-electron chi connectivity index (χ1n) is 19.4. The molecule has 0 saturated carbocycles. The summed E-state index contributed by atoms with van der Waals surface area (Å²) in [6.07, 6.45) is 0. The van der Waals surface area contributed by atoms with Crippen molar-refractivity contribution in [2.75, 3.05) is 0 Å². The lowest BCUT2D eigenvalue weighted by atomic mass is 9.93. The summed E-state index contributed by atoms with van der Waals surface area (Å²) in [7, 11) is 0. The van der Waals surface area contributed by atoms with Crippen LogP contribution in [-0.4, -0.2) is 9.13 Å². The number of nitrogens with zero attached hydrogens (tertiary/aromatic N) is 2. The van der Waals surface area contributed by atoms with Gasteiger partial charge in [0.25, 0.3) is 0 Å². The Morgan fingerprint density at radius 1 is 0.250 bits per heavy atom. The molecule has 2 nitrogen and oxygen atoms in total. The Morgan fingerprint density at radius 3 is 1.50 bits per heavy atom. The van der Waals surface area contributed by atoms with Crippen molar-refractivity contribution in [1.82, 2.24) is 9.13 Å². The second kappa shape index (κ2) is 12.0. The Kier molecular flexibility index (Phi) is 6.66. The molecule has 2 heteroatoms. The summed E-state index contributed by atoms with van der Waals surface area (Å²) < 4.78 is 4.92. The molecule has 56 heavy (non-hydrogen) atoms. The predicted molar refractivity (Wildman–Crippen MR) is 239 cm³/mol. The van der Waals surface area contributed by atoms with Crippen LogP contribution < -0.4 is 0 Å². The second-order valence-corrected chi connectivity index (χ2v) is 14.8. The van der Waals surface area contributed by atoms with Gasteiger partial charge >= 0.3 is 0 Å². The molecule has 0 fully saturated rings. The Balaban J connectivity index is 1.15. The smallest absolute Gasteiger partial charge is 0.0553 e. The Hall–Kier alpha value is -7.42. The molecular formula is C54H34N2. The fraction of sp³-hybridized carbons (Fsp3) is 0. The summed E-state index contributed by atoms with van der Waals surface area (Å²) in [5.74, 6) is 0. The quantitative estimate of drug-likeness (QED) is 0.161. The van der Waals surface area contributed by atoms with Crippen molar-refractivity contribution >= 4 is 75.9 Å². The van der Waals surface area contributed by atoms with Crippen molar-refractivity contribution in [3.05, 3.63) is 206 Å². The fourth-order valence-electron chi connectivity index (χ4n) is 9.50. The van der Waals surface area contributed by atoms with E-state index < -0.39 is 0 Å². The normalized spacial score (nSPS) is 11.9. The number of fused-ring (bicyclic) bond motifs is 12. The lowest BCUT2D eigenvalue weighted by molar-refractivity contribution is 1.18. The average molecular weight is 711 g/mol. The molecule has 10 aromatic carbocycles. The Bertz CT molecular complexity index is 3470. The molecule has 0 aliphatic heterocycles. The molecule has 0 aliphatic carbocycles. The number of benzene rings is 10. The first-order valence-corrected chi connectivity index (χ1v) is 19.4. The van der Waals surface area contributed by atoms with Gasteiger partial charge in [-0.15, -0.1) is 0 Å².